The molecule has 1 aliphatic rings. The lowest BCUT2D eigenvalue weighted by molar-refractivity contribution is -0.124. The van der Waals surface area contributed by atoms with Crippen LogP contribution in [0.4, 0.5) is 0 Å². The zero-order valence-electron chi connectivity index (χ0n) is 11.6. The molecule has 0 bridgehead atoms. The van der Waals surface area contributed by atoms with Crippen molar-refractivity contribution < 1.29 is 4.79 Å². The molecule has 0 heterocycles. The molecule has 3 N–H and O–H groups in total. The minimum atomic E-state index is -0.376. The van der Waals surface area contributed by atoms with Crippen molar-refractivity contribution >= 4 is 5.91 Å². The Balaban J connectivity index is 2.42. The first-order valence-electron chi connectivity index (χ1n) is 6.63. The molecule has 0 unspecified atom stereocenters. The Morgan fingerprint density at radius 1 is 1.47 bits per heavy atom. The van der Waals surface area contributed by atoms with Gasteiger partial charge >= 0.3 is 0 Å². The number of nitrogens with one attached hydrogen (secondary N) is 1. The van der Waals surface area contributed by atoms with Gasteiger partial charge in [0.25, 0.3) is 0 Å². The van der Waals surface area contributed by atoms with Gasteiger partial charge in [-0.25, -0.2) is 0 Å². The van der Waals surface area contributed by atoms with E-state index in [1.807, 2.05) is 6.92 Å². The van der Waals surface area contributed by atoms with Crippen molar-refractivity contribution in [2.24, 2.45) is 11.7 Å². The van der Waals surface area contributed by atoms with Gasteiger partial charge in [0, 0.05) is 12.1 Å². The summed E-state index contributed by atoms with van der Waals surface area (Å²) in [5.74, 6) is 0.235. The Kier molecular flexibility index (Phi) is 4.95. The second-order valence-electron chi connectivity index (χ2n) is 5.60. The van der Waals surface area contributed by atoms with Crippen LogP contribution in [0.2, 0.25) is 0 Å². The van der Waals surface area contributed by atoms with E-state index in [-0.39, 0.29) is 23.4 Å². The number of hydrogen-bond acceptors (Lipinski definition) is 3. The van der Waals surface area contributed by atoms with Crippen LogP contribution < -0.4 is 11.1 Å². The third-order valence-corrected chi connectivity index (χ3v) is 4.38. The molecule has 0 aromatic heterocycles. The maximum absolute atomic E-state index is 11.9. The van der Waals surface area contributed by atoms with Crippen LogP contribution in [-0.2, 0) is 4.79 Å². The number of amides is 1. The molecule has 1 rings (SSSR count). The molecular formula is C13H27N3O. The molecule has 0 aliphatic heterocycles. The first kappa shape index (κ1) is 14.5. The Morgan fingerprint density at radius 2 is 2.06 bits per heavy atom. The molecule has 2 atom stereocenters. The van der Waals surface area contributed by atoms with E-state index < -0.39 is 0 Å². The molecule has 4 heteroatoms. The molecule has 1 amide bonds. The summed E-state index contributed by atoms with van der Waals surface area (Å²) in [6.45, 7) is 4.81. The normalized spacial score (nSPS) is 21.8. The second kappa shape index (κ2) is 5.83. The number of nitrogens with zero attached hydrogens (tertiary/aromatic N) is 1. The first-order valence-corrected chi connectivity index (χ1v) is 6.63. The quantitative estimate of drug-likeness (QED) is 0.728. The highest BCUT2D eigenvalue weighted by Crippen LogP contribution is 2.35. The Morgan fingerprint density at radius 3 is 2.41 bits per heavy atom. The van der Waals surface area contributed by atoms with E-state index in [9.17, 15) is 4.79 Å². The molecular weight excluding hydrogens is 214 g/mol. The highest BCUT2D eigenvalue weighted by atomic mass is 16.2. The molecule has 17 heavy (non-hydrogen) atoms. The smallest absolute Gasteiger partial charge is 0.237 e. The van der Waals surface area contributed by atoms with Gasteiger partial charge in [0.2, 0.25) is 5.91 Å². The van der Waals surface area contributed by atoms with Gasteiger partial charge < -0.3 is 16.0 Å². The zero-order chi connectivity index (χ0) is 13.1. The van der Waals surface area contributed by atoms with Crippen molar-refractivity contribution in [3.63, 3.8) is 0 Å². The average molecular weight is 241 g/mol. The SMILES string of the molecule is CC[C@H](C)[C@H](N)C(=O)NCC1(N(C)C)CCC1. The van der Waals surface area contributed by atoms with Gasteiger partial charge in [-0.05, 0) is 39.3 Å². The van der Waals surface area contributed by atoms with E-state index in [0.29, 0.717) is 0 Å². The predicted octanol–water partition coefficient (Wildman–Crippen LogP) is 0.960. The third-order valence-electron chi connectivity index (χ3n) is 4.38. The van der Waals surface area contributed by atoms with E-state index in [1.54, 1.807) is 0 Å². The molecule has 100 valence electrons. The summed E-state index contributed by atoms with van der Waals surface area (Å²) in [4.78, 5) is 14.1. The molecule has 0 aromatic rings. The Labute approximate surface area is 105 Å². The van der Waals surface area contributed by atoms with Crippen molar-refractivity contribution in [1.29, 1.82) is 0 Å². The van der Waals surface area contributed by atoms with Crippen molar-refractivity contribution in [3.05, 3.63) is 0 Å². The number of rotatable bonds is 6. The van der Waals surface area contributed by atoms with E-state index in [1.165, 1.54) is 19.3 Å². The zero-order valence-corrected chi connectivity index (χ0v) is 11.6. The fourth-order valence-corrected chi connectivity index (χ4v) is 2.25. The number of likely N-dealkylation sites (N-methyl/N-ethyl adjacent to an activating group) is 1. The number of hydrogen-bond donors (Lipinski definition) is 2. The lowest BCUT2D eigenvalue weighted by Crippen LogP contribution is -2.59. The fourth-order valence-electron chi connectivity index (χ4n) is 2.25. The summed E-state index contributed by atoms with van der Waals surface area (Å²) in [6.07, 6.45) is 4.52. The second-order valence-corrected chi connectivity index (χ2v) is 5.60. The van der Waals surface area contributed by atoms with Crippen molar-refractivity contribution in [2.45, 2.75) is 51.1 Å². The number of nitrogens with two attached hydrogens (primary N) is 1. The van der Waals surface area contributed by atoms with E-state index in [4.69, 9.17) is 5.73 Å². The van der Waals surface area contributed by atoms with Crippen molar-refractivity contribution in [1.82, 2.24) is 10.2 Å². The molecule has 1 fully saturated rings. The summed E-state index contributed by atoms with van der Waals surface area (Å²) in [5.41, 5.74) is 6.08. The summed E-state index contributed by atoms with van der Waals surface area (Å²) >= 11 is 0. The van der Waals surface area contributed by atoms with Gasteiger partial charge in [0.15, 0.2) is 0 Å². The van der Waals surface area contributed by atoms with Gasteiger partial charge in [0.05, 0.1) is 6.04 Å². The van der Waals surface area contributed by atoms with E-state index in [2.05, 4.69) is 31.2 Å². The Hall–Kier alpha value is -0.610. The molecule has 0 saturated heterocycles. The van der Waals surface area contributed by atoms with Gasteiger partial charge in [-0.15, -0.1) is 0 Å². The topological polar surface area (TPSA) is 58.4 Å². The van der Waals surface area contributed by atoms with Crippen molar-refractivity contribution in [3.8, 4) is 0 Å². The first-order chi connectivity index (χ1) is 7.93. The number of carbonyl (C=O) groups excluding carboxylic acids is 1. The Bertz CT molecular complexity index is 261. The summed E-state index contributed by atoms with van der Waals surface area (Å²) in [7, 11) is 4.17. The minimum absolute atomic E-state index is 0.00697. The van der Waals surface area contributed by atoms with Crippen LogP contribution in [0.15, 0.2) is 0 Å². The van der Waals surface area contributed by atoms with Crippen LogP contribution in [0.1, 0.15) is 39.5 Å². The van der Waals surface area contributed by atoms with E-state index >= 15 is 0 Å². The van der Waals surface area contributed by atoms with Crippen LogP contribution >= 0.6 is 0 Å². The highest BCUT2D eigenvalue weighted by Gasteiger charge is 2.39. The third kappa shape index (κ3) is 3.19. The van der Waals surface area contributed by atoms with Gasteiger partial charge in [-0.3, -0.25) is 4.79 Å². The minimum Gasteiger partial charge on any atom is -0.353 e. The summed E-state index contributed by atoms with van der Waals surface area (Å²) in [6, 6.07) is -0.376. The standard InChI is InChI=1S/C13H27N3O/c1-5-10(2)11(14)12(17)15-9-13(16(3)4)7-6-8-13/h10-11H,5-9,14H2,1-4H3,(H,15,17)/t10-,11-/m0/s1. The van der Waals surface area contributed by atoms with Crippen LogP contribution in [0, 0.1) is 5.92 Å². The van der Waals surface area contributed by atoms with Crippen LogP contribution in [0.25, 0.3) is 0 Å². The largest absolute Gasteiger partial charge is 0.353 e. The van der Waals surface area contributed by atoms with Crippen LogP contribution in [-0.4, -0.2) is 43.0 Å². The molecule has 1 saturated carbocycles. The van der Waals surface area contributed by atoms with Crippen LogP contribution in [0.5, 0.6) is 0 Å². The molecule has 4 nitrogen and oxygen atoms in total. The maximum Gasteiger partial charge on any atom is 0.237 e. The molecule has 0 spiro atoms. The van der Waals surface area contributed by atoms with Gasteiger partial charge in [-0.1, -0.05) is 20.3 Å². The van der Waals surface area contributed by atoms with Gasteiger partial charge in [-0.2, -0.15) is 0 Å². The predicted molar refractivity (Wildman–Crippen MR) is 70.7 cm³/mol. The monoisotopic (exact) mass is 241 g/mol. The lowest BCUT2D eigenvalue weighted by atomic mass is 9.75. The number of carbonyl (C=O) groups is 1. The van der Waals surface area contributed by atoms with Crippen molar-refractivity contribution in [2.75, 3.05) is 20.6 Å². The maximum atomic E-state index is 11.9. The molecule has 1 aliphatic carbocycles. The lowest BCUT2D eigenvalue weighted by Gasteiger charge is -2.47. The van der Waals surface area contributed by atoms with E-state index in [0.717, 1.165) is 13.0 Å². The highest BCUT2D eigenvalue weighted by molar-refractivity contribution is 5.81. The van der Waals surface area contributed by atoms with Crippen LogP contribution in [0.3, 0.4) is 0 Å². The average Bonchev–Trinajstić information content (AvgIpc) is 2.24. The molecule has 0 aromatic carbocycles. The summed E-state index contributed by atoms with van der Waals surface area (Å²) < 4.78 is 0. The fraction of sp³-hybridized carbons (Fsp3) is 0.923. The summed E-state index contributed by atoms with van der Waals surface area (Å²) in [5, 5.41) is 3.02. The molecule has 0 radical (unpaired) electrons. The van der Waals surface area contributed by atoms with Gasteiger partial charge in [0.1, 0.15) is 0 Å².